The minimum Gasteiger partial charge on any atom is -0.494 e. The number of hydrogen-bond acceptors (Lipinski definition) is 7. The first-order valence-electron chi connectivity index (χ1n) is 11.1. The third-order valence-electron chi connectivity index (χ3n) is 5.32. The lowest BCUT2D eigenvalue weighted by atomic mass is 10.1. The topological polar surface area (TPSA) is 128 Å². The van der Waals surface area contributed by atoms with E-state index in [0.29, 0.717) is 33.7 Å². The number of amides is 4. The monoisotopic (exact) mass is 565 g/mol. The molecule has 1 N–H and O–H groups in total. The molecule has 0 spiro atoms. The summed E-state index contributed by atoms with van der Waals surface area (Å²) in [6.07, 6.45) is 1.35. The van der Waals surface area contributed by atoms with Gasteiger partial charge in [-0.25, -0.2) is 9.69 Å². The summed E-state index contributed by atoms with van der Waals surface area (Å²) in [7, 11) is 0. The van der Waals surface area contributed by atoms with Crippen LogP contribution in [0.15, 0.2) is 76.8 Å². The maximum atomic E-state index is 13.3. The molecule has 1 saturated heterocycles. The Labute approximate surface area is 219 Å². The van der Waals surface area contributed by atoms with Crippen molar-refractivity contribution in [3.8, 4) is 11.5 Å². The van der Waals surface area contributed by atoms with Crippen LogP contribution in [0.1, 0.15) is 18.1 Å². The average molecular weight is 566 g/mol. The summed E-state index contributed by atoms with van der Waals surface area (Å²) in [6.45, 7) is 2.39. The molecule has 1 aliphatic rings. The van der Waals surface area contributed by atoms with Crippen LogP contribution in [-0.4, -0.2) is 29.4 Å². The number of nitro groups is 1. The molecule has 0 bridgehead atoms. The van der Waals surface area contributed by atoms with E-state index in [1.165, 1.54) is 18.2 Å². The van der Waals surface area contributed by atoms with E-state index in [-0.39, 0.29) is 23.6 Å². The number of benzene rings is 3. The lowest BCUT2D eigenvalue weighted by Crippen LogP contribution is -2.54. The summed E-state index contributed by atoms with van der Waals surface area (Å²) in [5, 5.41) is 13.1. The smallest absolute Gasteiger partial charge is 0.335 e. The highest BCUT2D eigenvalue weighted by Crippen LogP contribution is 2.29. The van der Waals surface area contributed by atoms with Gasteiger partial charge < -0.3 is 9.47 Å². The molecule has 0 unspecified atom stereocenters. The van der Waals surface area contributed by atoms with Crippen LogP contribution in [0.5, 0.6) is 11.5 Å². The van der Waals surface area contributed by atoms with Crippen molar-refractivity contribution < 1.29 is 28.8 Å². The van der Waals surface area contributed by atoms with Gasteiger partial charge in [0, 0.05) is 22.2 Å². The standard InChI is InChI=1S/C26H20BrN3O7/c1-2-36-21-10-8-19(9-11-21)29-25(32)22(24(31)28-26(29)33)14-17-13-18(27)5-12-23(17)37-15-16-3-6-20(7-4-16)30(34)35/h3-14H,2,15H2,1H3,(H,28,31,33)/b22-14+. The molecule has 188 valence electrons. The summed E-state index contributed by atoms with van der Waals surface area (Å²) < 4.78 is 12.0. The van der Waals surface area contributed by atoms with Gasteiger partial charge in [-0.1, -0.05) is 15.9 Å². The molecular weight excluding hydrogens is 546 g/mol. The third-order valence-corrected chi connectivity index (χ3v) is 5.81. The molecule has 0 saturated carbocycles. The number of nitrogens with one attached hydrogen (secondary N) is 1. The number of barbiturate groups is 1. The van der Waals surface area contributed by atoms with Crippen molar-refractivity contribution in [3.05, 3.63) is 98.0 Å². The molecule has 0 radical (unpaired) electrons. The Kier molecular flexibility index (Phi) is 7.63. The van der Waals surface area contributed by atoms with E-state index < -0.39 is 22.8 Å². The van der Waals surface area contributed by atoms with Crippen LogP contribution in [0.2, 0.25) is 0 Å². The Bertz CT molecular complexity index is 1400. The fraction of sp³-hybridized carbons (Fsp3) is 0.115. The van der Waals surface area contributed by atoms with Crippen LogP contribution >= 0.6 is 15.9 Å². The van der Waals surface area contributed by atoms with Crippen molar-refractivity contribution in [1.82, 2.24) is 5.32 Å². The Hall–Kier alpha value is -4.51. The van der Waals surface area contributed by atoms with Crippen molar-refractivity contribution in [2.75, 3.05) is 11.5 Å². The van der Waals surface area contributed by atoms with Crippen molar-refractivity contribution in [2.45, 2.75) is 13.5 Å². The summed E-state index contributed by atoms with van der Waals surface area (Å²) in [6, 6.07) is 16.4. The highest BCUT2D eigenvalue weighted by Gasteiger charge is 2.37. The van der Waals surface area contributed by atoms with Crippen molar-refractivity contribution >= 4 is 51.2 Å². The highest BCUT2D eigenvalue weighted by atomic mass is 79.9. The number of rotatable bonds is 8. The van der Waals surface area contributed by atoms with Crippen LogP contribution < -0.4 is 19.7 Å². The molecular formula is C26H20BrN3O7. The van der Waals surface area contributed by atoms with E-state index >= 15 is 0 Å². The molecule has 1 heterocycles. The Morgan fingerprint density at radius 2 is 1.70 bits per heavy atom. The van der Waals surface area contributed by atoms with Crippen molar-refractivity contribution in [3.63, 3.8) is 0 Å². The fourth-order valence-electron chi connectivity index (χ4n) is 3.54. The summed E-state index contributed by atoms with van der Waals surface area (Å²) in [5.74, 6) is -0.691. The molecule has 4 amide bonds. The minimum absolute atomic E-state index is 0.0359. The number of nitro benzene ring substituents is 1. The molecule has 0 aromatic heterocycles. The lowest BCUT2D eigenvalue weighted by Gasteiger charge is -2.26. The Balaban J connectivity index is 1.61. The Morgan fingerprint density at radius 1 is 1.00 bits per heavy atom. The van der Waals surface area contributed by atoms with E-state index in [2.05, 4.69) is 21.2 Å². The number of halogens is 1. The first-order valence-corrected chi connectivity index (χ1v) is 11.9. The number of non-ortho nitro benzene ring substituents is 1. The zero-order valence-corrected chi connectivity index (χ0v) is 21.1. The third kappa shape index (κ3) is 5.84. The van der Waals surface area contributed by atoms with Crippen molar-refractivity contribution in [2.24, 2.45) is 0 Å². The van der Waals surface area contributed by atoms with Gasteiger partial charge in [-0.3, -0.25) is 25.0 Å². The second kappa shape index (κ2) is 11.0. The van der Waals surface area contributed by atoms with Gasteiger partial charge in [-0.05, 0) is 73.2 Å². The molecule has 3 aromatic rings. The Morgan fingerprint density at radius 3 is 2.35 bits per heavy atom. The maximum Gasteiger partial charge on any atom is 0.335 e. The first-order chi connectivity index (χ1) is 17.8. The molecule has 11 heteroatoms. The van der Waals surface area contributed by atoms with E-state index in [1.807, 2.05) is 6.92 Å². The molecule has 1 fully saturated rings. The summed E-state index contributed by atoms with van der Waals surface area (Å²) in [5.41, 5.74) is 1.08. The number of anilines is 1. The number of hydrogen-bond donors (Lipinski definition) is 1. The predicted octanol–water partition coefficient (Wildman–Crippen LogP) is 5.00. The highest BCUT2D eigenvalue weighted by molar-refractivity contribution is 9.10. The van der Waals surface area contributed by atoms with Crippen LogP contribution in [-0.2, 0) is 16.2 Å². The van der Waals surface area contributed by atoms with Gasteiger partial charge in [0.2, 0.25) is 0 Å². The van der Waals surface area contributed by atoms with E-state index in [1.54, 1.807) is 54.6 Å². The maximum absolute atomic E-state index is 13.3. The fourth-order valence-corrected chi connectivity index (χ4v) is 3.92. The first kappa shape index (κ1) is 25.6. The molecule has 10 nitrogen and oxygen atoms in total. The molecule has 0 atom stereocenters. The minimum atomic E-state index is -0.861. The number of imide groups is 2. The van der Waals surface area contributed by atoms with Gasteiger partial charge >= 0.3 is 6.03 Å². The number of carbonyl (C=O) groups excluding carboxylic acids is 3. The molecule has 37 heavy (non-hydrogen) atoms. The zero-order valence-electron chi connectivity index (χ0n) is 19.5. The molecule has 3 aromatic carbocycles. The molecule has 0 aliphatic carbocycles. The molecule has 4 rings (SSSR count). The van der Waals surface area contributed by atoms with Gasteiger partial charge in [0.15, 0.2) is 0 Å². The normalized spacial score (nSPS) is 14.5. The van der Waals surface area contributed by atoms with Gasteiger partial charge in [0.1, 0.15) is 23.7 Å². The number of nitrogens with zero attached hydrogens (tertiary/aromatic N) is 2. The SMILES string of the molecule is CCOc1ccc(N2C(=O)NC(=O)/C(=C\c3cc(Br)ccc3OCc3ccc([N+](=O)[O-])cc3)C2=O)cc1. The zero-order chi connectivity index (χ0) is 26.5. The van der Waals surface area contributed by atoms with Crippen LogP contribution in [0, 0.1) is 10.1 Å². The van der Waals surface area contributed by atoms with Crippen LogP contribution in [0.3, 0.4) is 0 Å². The number of urea groups is 1. The number of carbonyl (C=O) groups is 3. The summed E-state index contributed by atoms with van der Waals surface area (Å²) >= 11 is 3.38. The second-order valence-electron chi connectivity index (χ2n) is 7.78. The van der Waals surface area contributed by atoms with Crippen molar-refractivity contribution in [1.29, 1.82) is 0 Å². The van der Waals surface area contributed by atoms with E-state index in [4.69, 9.17) is 9.47 Å². The van der Waals surface area contributed by atoms with Gasteiger partial charge in [-0.2, -0.15) is 0 Å². The average Bonchev–Trinajstić information content (AvgIpc) is 2.87. The summed E-state index contributed by atoms with van der Waals surface area (Å²) in [4.78, 5) is 49.6. The second-order valence-corrected chi connectivity index (χ2v) is 8.69. The van der Waals surface area contributed by atoms with Gasteiger partial charge in [-0.15, -0.1) is 0 Å². The predicted molar refractivity (Wildman–Crippen MR) is 138 cm³/mol. The van der Waals surface area contributed by atoms with E-state index in [9.17, 15) is 24.5 Å². The van der Waals surface area contributed by atoms with E-state index in [0.717, 1.165) is 4.90 Å². The number of ether oxygens (including phenoxy) is 2. The van der Waals surface area contributed by atoms with Gasteiger partial charge in [0.05, 0.1) is 17.2 Å². The van der Waals surface area contributed by atoms with Crippen LogP contribution in [0.4, 0.5) is 16.2 Å². The quantitative estimate of drug-likeness (QED) is 0.176. The lowest BCUT2D eigenvalue weighted by molar-refractivity contribution is -0.384. The van der Waals surface area contributed by atoms with Gasteiger partial charge in [0.25, 0.3) is 17.5 Å². The molecule has 1 aliphatic heterocycles. The van der Waals surface area contributed by atoms with Crippen LogP contribution in [0.25, 0.3) is 6.08 Å². The largest absolute Gasteiger partial charge is 0.494 e.